The summed E-state index contributed by atoms with van der Waals surface area (Å²) in [6.45, 7) is 3.43. The van der Waals surface area contributed by atoms with Crippen molar-refractivity contribution in [2.24, 2.45) is 0 Å². The lowest BCUT2D eigenvalue weighted by Gasteiger charge is -2.40. The lowest BCUT2D eigenvalue weighted by atomic mass is 9.86. The van der Waals surface area contributed by atoms with Crippen LogP contribution in [0.2, 0.25) is 0 Å². The molecule has 0 atom stereocenters. The number of ether oxygens (including phenoxy) is 2. The molecule has 4 heterocycles. The van der Waals surface area contributed by atoms with Gasteiger partial charge in [-0.1, -0.05) is 0 Å². The van der Waals surface area contributed by atoms with E-state index in [-0.39, 0.29) is 0 Å². The van der Waals surface area contributed by atoms with E-state index in [0.29, 0.717) is 85.6 Å². The molecule has 0 saturated carbocycles. The van der Waals surface area contributed by atoms with Crippen LogP contribution in [0.25, 0.3) is 10.8 Å². The van der Waals surface area contributed by atoms with Crippen LogP contribution in [0.15, 0.2) is 24.3 Å². The summed E-state index contributed by atoms with van der Waals surface area (Å²) in [5.74, 6) is -1.82. The second-order valence-electron chi connectivity index (χ2n) is 8.05. The maximum absolute atomic E-state index is 13.3. The molecule has 2 saturated heterocycles. The van der Waals surface area contributed by atoms with Gasteiger partial charge in [0.15, 0.2) is 0 Å². The molecule has 32 heavy (non-hydrogen) atoms. The van der Waals surface area contributed by atoms with E-state index in [1.165, 1.54) is 0 Å². The molecule has 2 aromatic rings. The number of morpholine rings is 2. The van der Waals surface area contributed by atoms with E-state index in [9.17, 15) is 19.2 Å². The Morgan fingerprint density at radius 1 is 0.500 bits per heavy atom. The van der Waals surface area contributed by atoms with Crippen molar-refractivity contribution >= 4 is 34.4 Å². The SMILES string of the molecule is O=C1c2ccc3c4c(ccc(c24)C(=O)N1N1CCOCC1)C(=O)N(N1CCOCC1)C3=O. The fraction of sp³-hybridized carbons (Fsp3) is 0.364. The first kappa shape index (κ1) is 19.5. The van der Waals surface area contributed by atoms with Crippen LogP contribution in [0.1, 0.15) is 41.4 Å². The van der Waals surface area contributed by atoms with E-state index in [1.54, 1.807) is 34.3 Å². The van der Waals surface area contributed by atoms with Gasteiger partial charge in [-0.15, -0.1) is 0 Å². The van der Waals surface area contributed by atoms with Crippen LogP contribution in [0, 0.1) is 0 Å². The van der Waals surface area contributed by atoms with Crippen LogP contribution in [0.5, 0.6) is 0 Å². The summed E-state index contributed by atoms with van der Waals surface area (Å²) in [6.07, 6.45) is 0. The van der Waals surface area contributed by atoms with Gasteiger partial charge in [0.25, 0.3) is 23.6 Å². The smallest absolute Gasteiger partial charge is 0.276 e. The quantitative estimate of drug-likeness (QED) is 0.629. The molecule has 4 amide bonds. The lowest BCUT2D eigenvalue weighted by Crippen LogP contribution is -2.56. The second kappa shape index (κ2) is 7.17. The molecule has 0 aliphatic carbocycles. The predicted octanol–water partition coefficient (Wildman–Crippen LogP) is 0.526. The molecule has 0 unspecified atom stereocenters. The first-order valence-electron chi connectivity index (χ1n) is 10.6. The Morgan fingerprint density at radius 2 is 0.781 bits per heavy atom. The number of carbonyl (C=O) groups excluding carboxylic acids is 4. The Labute approximate surface area is 182 Å². The number of benzene rings is 2. The maximum Gasteiger partial charge on any atom is 0.276 e. The van der Waals surface area contributed by atoms with E-state index in [4.69, 9.17) is 9.47 Å². The lowest BCUT2D eigenvalue weighted by molar-refractivity contribution is -0.0563. The average molecular weight is 436 g/mol. The molecule has 0 radical (unpaired) electrons. The van der Waals surface area contributed by atoms with Gasteiger partial charge in [0.1, 0.15) is 0 Å². The van der Waals surface area contributed by atoms with Crippen LogP contribution in [-0.4, -0.2) is 96.3 Å². The minimum atomic E-state index is -0.455. The van der Waals surface area contributed by atoms with Crippen LogP contribution < -0.4 is 0 Å². The second-order valence-corrected chi connectivity index (χ2v) is 8.05. The van der Waals surface area contributed by atoms with Crippen LogP contribution in [-0.2, 0) is 9.47 Å². The predicted molar refractivity (Wildman–Crippen MR) is 110 cm³/mol. The molecule has 4 aliphatic heterocycles. The number of carbonyl (C=O) groups is 4. The summed E-state index contributed by atoms with van der Waals surface area (Å²) < 4.78 is 10.7. The van der Waals surface area contributed by atoms with E-state index in [2.05, 4.69) is 0 Å². The van der Waals surface area contributed by atoms with Crippen molar-refractivity contribution in [3.05, 3.63) is 46.5 Å². The number of amides is 4. The number of imide groups is 2. The van der Waals surface area contributed by atoms with Gasteiger partial charge in [0.2, 0.25) is 0 Å². The highest BCUT2D eigenvalue weighted by Crippen LogP contribution is 2.38. The summed E-state index contributed by atoms with van der Waals surface area (Å²) in [6, 6.07) is 6.33. The van der Waals surface area contributed by atoms with Crippen molar-refractivity contribution in [2.45, 2.75) is 0 Å². The van der Waals surface area contributed by atoms with Crippen molar-refractivity contribution < 1.29 is 28.7 Å². The molecule has 2 aromatic carbocycles. The van der Waals surface area contributed by atoms with E-state index in [1.807, 2.05) is 0 Å². The average Bonchev–Trinajstić information content (AvgIpc) is 2.83. The number of rotatable bonds is 2. The largest absolute Gasteiger partial charge is 0.379 e. The van der Waals surface area contributed by atoms with E-state index < -0.39 is 23.6 Å². The molecular formula is C22H20N4O6. The van der Waals surface area contributed by atoms with Gasteiger partial charge in [0, 0.05) is 37.0 Å². The van der Waals surface area contributed by atoms with Crippen LogP contribution in [0.4, 0.5) is 0 Å². The van der Waals surface area contributed by atoms with Crippen molar-refractivity contribution in [3.8, 4) is 0 Å². The van der Waals surface area contributed by atoms with Crippen LogP contribution in [0.3, 0.4) is 0 Å². The summed E-state index contributed by atoms with van der Waals surface area (Å²) in [7, 11) is 0. The summed E-state index contributed by atoms with van der Waals surface area (Å²) in [5.41, 5.74) is 1.25. The molecule has 164 valence electrons. The van der Waals surface area contributed by atoms with E-state index >= 15 is 0 Å². The molecular weight excluding hydrogens is 416 g/mol. The molecule has 10 heteroatoms. The molecule has 2 fully saturated rings. The fourth-order valence-electron chi connectivity index (χ4n) is 4.87. The Bertz CT molecular complexity index is 1040. The third kappa shape index (κ3) is 2.61. The van der Waals surface area contributed by atoms with Crippen molar-refractivity contribution in [1.29, 1.82) is 0 Å². The Hall–Kier alpha value is -3.18. The minimum Gasteiger partial charge on any atom is -0.379 e. The molecule has 0 bridgehead atoms. The standard InChI is InChI=1S/C22H20N4O6/c27-19-13-1-2-14-18-16(22(30)26(20(14)28)24-7-11-32-12-8-24)4-3-15(17(13)18)21(29)25(19)23-5-9-31-10-6-23/h1-4H,5-12H2. The minimum absolute atomic E-state index is 0.312. The maximum atomic E-state index is 13.3. The first-order chi connectivity index (χ1) is 15.6. The Morgan fingerprint density at radius 3 is 1.06 bits per heavy atom. The Balaban J connectivity index is 1.49. The number of hydrogen-bond donors (Lipinski definition) is 0. The molecule has 0 spiro atoms. The van der Waals surface area contributed by atoms with Gasteiger partial charge >= 0.3 is 0 Å². The zero-order chi connectivity index (χ0) is 22.0. The first-order valence-corrected chi connectivity index (χ1v) is 10.6. The highest BCUT2D eigenvalue weighted by molar-refractivity contribution is 6.33. The third-order valence-corrected chi connectivity index (χ3v) is 6.39. The normalized spacial score (nSPS) is 22.2. The highest BCUT2D eigenvalue weighted by atomic mass is 16.5. The number of hydrogen-bond acceptors (Lipinski definition) is 8. The summed E-state index contributed by atoms with van der Waals surface area (Å²) >= 11 is 0. The van der Waals surface area contributed by atoms with Gasteiger partial charge in [-0.2, -0.15) is 0 Å². The summed E-state index contributed by atoms with van der Waals surface area (Å²) in [5, 5.41) is 6.45. The molecule has 4 aliphatic rings. The molecule has 10 nitrogen and oxygen atoms in total. The highest BCUT2D eigenvalue weighted by Gasteiger charge is 2.43. The Kier molecular flexibility index (Phi) is 4.37. The van der Waals surface area contributed by atoms with Crippen molar-refractivity contribution in [3.63, 3.8) is 0 Å². The molecule has 6 rings (SSSR count). The van der Waals surface area contributed by atoms with Crippen LogP contribution >= 0.6 is 0 Å². The zero-order valence-electron chi connectivity index (χ0n) is 17.2. The van der Waals surface area contributed by atoms with E-state index in [0.717, 1.165) is 10.0 Å². The van der Waals surface area contributed by atoms with Gasteiger partial charge in [-0.05, 0) is 24.3 Å². The van der Waals surface area contributed by atoms with Gasteiger partial charge in [-0.25, -0.2) is 20.0 Å². The molecule has 0 aromatic heterocycles. The van der Waals surface area contributed by atoms with Crippen molar-refractivity contribution in [2.75, 3.05) is 52.6 Å². The number of nitrogens with zero attached hydrogens (tertiary/aromatic N) is 4. The van der Waals surface area contributed by atoms with Gasteiger partial charge in [-0.3, -0.25) is 19.2 Å². The zero-order valence-corrected chi connectivity index (χ0v) is 17.2. The topological polar surface area (TPSA) is 99.7 Å². The van der Waals surface area contributed by atoms with Gasteiger partial charge < -0.3 is 9.47 Å². The monoisotopic (exact) mass is 436 g/mol. The third-order valence-electron chi connectivity index (χ3n) is 6.39. The molecule has 0 N–H and O–H groups in total. The fourth-order valence-corrected chi connectivity index (χ4v) is 4.87. The van der Waals surface area contributed by atoms with Gasteiger partial charge in [0.05, 0.1) is 48.7 Å². The number of hydrazine groups is 2. The van der Waals surface area contributed by atoms with Crippen molar-refractivity contribution in [1.82, 2.24) is 20.0 Å². The summed E-state index contributed by atoms with van der Waals surface area (Å²) in [4.78, 5) is 53.3.